The molecule has 0 unspecified atom stereocenters. The summed E-state index contributed by atoms with van der Waals surface area (Å²) >= 11 is 0. The number of para-hydroxylation sites is 1. The molecule has 0 aromatic heterocycles. The highest BCUT2D eigenvalue weighted by Gasteiger charge is 2.54. The lowest BCUT2D eigenvalue weighted by Gasteiger charge is -2.43. The molecule has 3 amide bonds. The smallest absolute Gasteiger partial charge is 0.253 e. The van der Waals surface area contributed by atoms with E-state index in [1.165, 1.54) is 18.2 Å². The number of likely N-dealkylation sites (tertiary alicyclic amines) is 1. The molecule has 0 radical (unpaired) electrons. The van der Waals surface area contributed by atoms with Gasteiger partial charge in [0.1, 0.15) is 17.9 Å². The summed E-state index contributed by atoms with van der Waals surface area (Å²) in [6.07, 6.45) is 0.829. The van der Waals surface area contributed by atoms with E-state index >= 15 is 0 Å². The molecular formula is C29H29FN4O3. The average molecular weight is 501 g/mol. The maximum absolute atomic E-state index is 13.9. The first-order valence-electron chi connectivity index (χ1n) is 12.4. The molecule has 3 aromatic rings. The van der Waals surface area contributed by atoms with Crippen molar-refractivity contribution in [3.8, 4) is 0 Å². The lowest BCUT2D eigenvalue weighted by Crippen LogP contribution is -2.57. The number of carbonyl (C=O) groups excluding carboxylic acids is 3. The van der Waals surface area contributed by atoms with Gasteiger partial charge in [-0.1, -0.05) is 36.4 Å². The first kappa shape index (κ1) is 24.5. The number of halogens is 1. The van der Waals surface area contributed by atoms with Gasteiger partial charge in [0.15, 0.2) is 0 Å². The molecule has 3 aromatic carbocycles. The number of aryl methyl sites for hydroxylation is 1. The van der Waals surface area contributed by atoms with Gasteiger partial charge in [-0.15, -0.1) is 0 Å². The molecule has 0 saturated carbocycles. The average Bonchev–Trinajstić information content (AvgIpc) is 3.15. The van der Waals surface area contributed by atoms with Crippen LogP contribution >= 0.6 is 0 Å². The van der Waals surface area contributed by atoms with Crippen molar-refractivity contribution in [1.82, 2.24) is 9.80 Å². The van der Waals surface area contributed by atoms with Crippen LogP contribution in [-0.2, 0) is 9.59 Å². The SMILES string of the molecule is Cc1cccc(NC(=O)CN2CN(c3ccccc3)C3(CCN(C(=O)c4cccc(F)c4)CC3)C2=O)c1. The molecule has 2 fully saturated rings. The first-order chi connectivity index (χ1) is 17.9. The van der Waals surface area contributed by atoms with Gasteiger partial charge in [-0.3, -0.25) is 14.4 Å². The van der Waals surface area contributed by atoms with E-state index in [9.17, 15) is 18.8 Å². The third kappa shape index (κ3) is 4.91. The van der Waals surface area contributed by atoms with Gasteiger partial charge in [-0.25, -0.2) is 4.39 Å². The zero-order chi connectivity index (χ0) is 26.0. The van der Waals surface area contributed by atoms with Gasteiger partial charge in [0, 0.05) is 30.0 Å². The lowest BCUT2D eigenvalue weighted by molar-refractivity contribution is -0.136. The third-order valence-electron chi connectivity index (χ3n) is 7.17. The van der Waals surface area contributed by atoms with Crippen molar-refractivity contribution >= 4 is 29.1 Å². The molecule has 2 aliphatic rings. The number of rotatable bonds is 5. The van der Waals surface area contributed by atoms with Crippen LogP contribution in [0.2, 0.25) is 0 Å². The molecule has 1 spiro atoms. The van der Waals surface area contributed by atoms with Gasteiger partial charge in [-0.05, 0) is 67.8 Å². The maximum atomic E-state index is 13.9. The Balaban J connectivity index is 1.34. The number of nitrogens with one attached hydrogen (secondary N) is 1. The molecule has 2 aliphatic heterocycles. The maximum Gasteiger partial charge on any atom is 0.253 e. The van der Waals surface area contributed by atoms with Gasteiger partial charge in [-0.2, -0.15) is 0 Å². The van der Waals surface area contributed by atoms with E-state index in [1.807, 2.05) is 61.5 Å². The second-order valence-electron chi connectivity index (χ2n) is 9.66. The molecule has 0 aliphatic carbocycles. The van der Waals surface area contributed by atoms with Crippen LogP contribution in [0.15, 0.2) is 78.9 Å². The molecule has 7 nitrogen and oxygen atoms in total. The highest BCUT2D eigenvalue weighted by Crippen LogP contribution is 2.39. The highest BCUT2D eigenvalue weighted by atomic mass is 19.1. The van der Waals surface area contributed by atoms with Crippen LogP contribution in [0.1, 0.15) is 28.8 Å². The Kier molecular flexibility index (Phi) is 6.65. The van der Waals surface area contributed by atoms with Crippen LogP contribution in [0.4, 0.5) is 15.8 Å². The number of hydrogen-bond acceptors (Lipinski definition) is 4. The van der Waals surface area contributed by atoms with Crippen molar-refractivity contribution in [2.45, 2.75) is 25.3 Å². The van der Waals surface area contributed by atoms with Crippen LogP contribution in [0.5, 0.6) is 0 Å². The molecule has 0 atom stereocenters. The second kappa shape index (κ2) is 10.0. The van der Waals surface area contributed by atoms with Gasteiger partial charge in [0.2, 0.25) is 5.91 Å². The molecule has 0 bridgehead atoms. The first-order valence-corrected chi connectivity index (χ1v) is 12.4. The minimum Gasteiger partial charge on any atom is -0.339 e. The van der Waals surface area contributed by atoms with Crippen molar-refractivity contribution in [2.75, 3.05) is 36.5 Å². The largest absolute Gasteiger partial charge is 0.339 e. The Bertz CT molecular complexity index is 1320. The molecule has 2 heterocycles. The quantitative estimate of drug-likeness (QED) is 0.574. The van der Waals surface area contributed by atoms with E-state index in [1.54, 1.807) is 15.9 Å². The number of piperidine rings is 1. The van der Waals surface area contributed by atoms with E-state index in [0.717, 1.165) is 11.3 Å². The summed E-state index contributed by atoms with van der Waals surface area (Å²) in [4.78, 5) is 45.0. The normalized spacial score (nSPS) is 16.8. The predicted octanol–water partition coefficient (Wildman–Crippen LogP) is 4.05. The van der Waals surface area contributed by atoms with E-state index in [0.29, 0.717) is 37.2 Å². The second-order valence-corrected chi connectivity index (χ2v) is 9.66. The zero-order valence-corrected chi connectivity index (χ0v) is 20.7. The summed E-state index contributed by atoms with van der Waals surface area (Å²) in [6, 6.07) is 22.8. The fourth-order valence-corrected chi connectivity index (χ4v) is 5.30. The van der Waals surface area contributed by atoms with Crippen molar-refractivity contribution in [1.29, 1.82) is 0 Å². The van der Waals surface area contributed by atoms with Crippen molar-refractivity contribution in [2.24, 2.45) is 0 Å². The third-order valence-corrected chi connectivity index (χ3v) is 7.17. The van der Waals surface area contributed by atoms with E-state index < -0.39 is 11.4 Å². The van der Waals surface area contributed by atoms with Crippen molar-refractivity contribution in [3.05, 3.63) is 95.8 Å². The Morgan fingerprint density at radius 2 is 1.68 bits per heavy atom. The van der Waals surface area contributed by atoms with Crippen molar-refractivity contribution in [3.63, 3.8) is 0 Å². The Morgan fingerprint density at radius 1 is 0.946 bits per heavy atom. The Morgan fingerprint density at radius 3 is 2.38 bits per heavy atom. The topological polar surface area (TPSA) is 73.0 Å². The fourth-order valence-electron chi connectivity index (χ4n) is 5.30. The van der Waals surface area contributed by atoms with Crippen LogP contribution in [0, 0.1) is 12.7 Å². The lowest BCUT2D eigenvalue weighted by atomic mass is 9.85. The predicted molar refractivity (Wildman–Crippen MR) is 140 cm³/mol. The van der Waals surface area contributed by atoms with Crippen LogP contribution in [-0.4, -0.2) is 59.4 Å². The van der Waals surface area contributed by atoms with Gasteiger partial charge in [0.05, 0.1) is 6.67 Å². The molecule has 1 N–H and O–H groups in total. The summed E-state index contributed by atoms with van der Waals surface area (Å²) in [5, 5.41) is 2.89. The van der Waals surface area contributed by atoms with E-state index in [4.69, 9.17) is 0 Å². The summed E-state index contributed by atoms with van der Waals surface area (Å²) in [5.41, 5.74) is 2.05. The zero-order valence-electron chi connectivity index (χ0n) is 20.7. The summed E-state index contributed by atoms with van der Waals surface area (Å²) in [6.45, 7) is 2.87. The summed E-state index contributed by atoms with van der Waals surface area (Å²) < 4.78 is 13.7. The van der Waals surface area contributed by atoms with Gasteiger partial charge >= 0.3 is 0 Å². The van der Waals surface area contributed by atoms with Gasteiger partial charge < -0.3 is 20.0 Å². The molecular weight excluding hydrogens is 471 g/mol. The number of nitrogens with zero attached hydrogens (tertiary/aromatic N) is 3. The van der Waals surface area contributed by atoms with Crippen LogP contribution in [0.25, 0.3) is 0 Å². The molecule has 8 heteroatoms. The minimum atomic E-state index is -0.857. The number of amides is 3. The van der Waals surface area contributed by atoms with E-state index in [-0.39, 0.29) is 30.9 Å². The molecule has 190 valence electrons. The Hall–Kier alpha value is -4.20. The minimum absolute atomic E-state index is 0.0657. The number of anilines is 2. The summed E-state index contributed by atoms with van der Waals surface area (Å²) in [7, 11) is 0. The molecule has 5 rings (SSSR count). The number of benzene rings is 3. The number of carbonyl (C=O) groups is 3. The number of hydrogen-bond donors (Lipinski definition) is 1. The van der Waals surface area contributed by atoms with Gasteiger partial charge in [0.25, 0.3) is 11.8 Å². The monoisotopic (exact) mass is 500 g/mol. The van der Waals surface area contributed by atoms with Crippen molar-refractivity contribution < 1.29 is 18.8 Å². The van der Waals surface area contributed by atoms with Crippen LogP contribution < -0.4 is 10.2 Å². The standard InChI is InChI=1S/C29H29FN4O3/c1-21-7-5-10-24(17-21)31-26(35)19-33-20-34(25-11-3-2-4-12-25)29(28(33)37)13-15-32(16-14-29)27(36)22-8-6-9-23(30)18-22/h2-12,17-18H,13-16,19-20H2,1H3,(H,31,35). The molecule has 2 saturated heterocycles. The summed E-state index contributed by atoms with van der Waals surface area (Å²) in [5.74, 6) is -1.09. The molecule has 37 heavy (non-hydrogen) atoms. The Labute approximate surface area is 215 Å². The fraction of sp³-hybridized carbons (Fsp3) is 0.276. The van der Waals surface area contributed by atoms with Crippen LogP contribution in [0.3, 0.4) is 0 Å². The highest BCUT2D eigenvalue weighted by molar-refractivity contribution is 6.00. The van der Waals surface area contributed by atoms with E-state index in [2.05, 4.69) is 10.2 Å².